The summed E-state index contributed by atoms with van der Waals surface area (Å²) in [5.74, 6) is 2.92. The molecule has 7 nitrogen and oxygen atoms in total. The summed E-state index contributed by atoms with van der Waals surface area (Å²) in [5.41, 5.74) is 4.42. The molecule has 0 aliphatic rings. The first-order valence-corrected chi connectivity index (χ1v) is 10.1. The molecule has 0 saturated carbocycles. The molecule has 0 saturated heterocycles. The number of nitrogens with one attached hydrogen (secondary N) is 2. The Kier molecular flexibility index (Phi) is 7.43. The summed E-state index contributed by atoms with van der Waals surface area (Å²) in [6.45, 7) is 5.47. The molecule has 1 aromatic heterocycles. The van der Waals surface area contributed by atoms with E-state index in [4.69, 9.17) is 9.26 Å². The monoisotopic (exact) mass is 407 g/mol. The topological polar surface area (TPSA) is 84.6 Å². The maximum atomic E-state index is 5.47. The zero-order chi connectivity index (χ0) is 21.3. The van der Waals surface area contributed by atoms with Gasteiger partial charge in [0.15, 0.2) is 11.8 Å². The van der Waals surface area contributed by atoms with Gasteiger partial charge in [-0.2, -0.15) is 4.98 Å². The van der Waals surface area contributed by atoms with Gasteiger partial charge in [0.1, 0.15) is 5.75 Å². The smallest absolute Gasteiger partial charge is 0.257 e. The van der Waals surface area contributed by atoms with Gasteiger partial charge < -0.3 is 19.9 Å². The van der Waals surface area contributed by atoms with E-state index in [1.165, 1.54) is 11.1 Å². The Morgan fingerprint density at radius 3 is 2.60 bits per heavy atom. The van der Waals surface area contributed by atoms with Crippen LogP contribution < -0.4 is 15.4 Å². The minimum absolute atomic E-state index is 0.563. The van der Waals surface area contributed by atoms with Crippen molar-refractivity contribution in [2.45, 2.75) is 33.2 Å². The molecule has 0 unspecified atom stereocenters. The lowest BCUT2D eigenvalue weighted by atomic mass is 10.1. The van der Waals surface area contributed by atoms with Crippen LogP contribution in [0.15, 0.2) is 52.0 Å². The third-order valence-electron chi connectivity index (χ3n) is 4.80. The van der Waals surface area contributed by atoms with E-state index in [1.54, 1.807) is 14.2 Å². The minimum atomic E-state index is 0.563. The van der Waals surface area contributed by atoms with E-state index in [0.717, 1.165) is 48.0 Å². The average molecular weight is 408 g/mol. The molecule has 0 amide bonds. The number of aryl methyl sites for hydroxylation is 2. The van der Waals surface area contributed by atoms with Crippen LogP contribution in [0.4, 0.5) is 0 Å². The van der Waals surface area contributed by atoms with Gasteiger partial charge in [0.2, 0.25) is 0 Å². The molecule has 0 bridgehead atoms. The molecule has 0 aliphatic heterocycles. The van der Waals surface area contributed by atoms with Crippen molar-refractivity contribution in [1.82, 2.24) is 20.8 Å². The standard InChI is InChI=1S/C23H29N5O2/c1-5-21-27-22(30-28-21)18-10-7-17(8-11-18)12-13-25-23(24-3)26-15-19-9-6-16(2)14-20(19)29-4/h6-11,14H,5,12-13,15H2,1-4H3,(H2,24,25,26). The largest absolute Gasteiger partial charge is 0.496 e. The van der Waals surface area contributed by atoms with Crippen molar-refractivity contribution in [2.75, 3.05) is 20.7 Å². The van der Waals surface area contributed by atoms with Gasteiger partial charge in [0.25, 0.3) is 5.89 Å². The van der Waals surface area contributed by atoms with Crippen LogP contribution in [0.25, 0.3) is 11.5 Å². The van der Waals surface area contributed by atoms with Crippen molar-refractivity contribution in [3.8, 4) is 17.2 Å². The maximum Gasteiger partial charge on any atom is 0.257 e. The Balaban J connectivity index is 1.48. The van der Waals surface area contributed by atoms with E-state index < -0.39 is 0 Å². The van der Waals surface area contributed by atoms with E-state index in [1.807, 2.05) is 25.1 Å². The summed E-state index contributed by atoms with van der Waals surface area (Å²) in [4.78, 5) is 8.66. The number of benzene rings is 2. The number of hydrogen-bond donors (Lipinski definition) is 2. The van der Waals surface area contributed by atoms with Gasteiger partial charge in [0.05, 0.1) is 7.11 Å². The first-order chi connectivity index (χ1) is 14.6. The molecule has 0 fully saturated rings. The summed E-state index contributed by atoms with van der Waals surface area (Å²) < 4.78 is 10.8. The van der Waals surface area contributed by atoms with Gasteiger partial charge in [-0.1, -0.05) is 36.3 Å². The van der Waals surface area contributed by atoms with Gasteiger partial charge in [-0.15, -0.1) is 0 Å². The second kappa shape index (κ2) is 10.4. The molecule has 2 N–H and O–H groups in total. The number of nitrogens with zero attached hydrogens (tertiary/aromatic N) is 3. The van der Waals surface area contributed by atoms with Gasteiger partial charge in [0, 0.05) is 37.7 Å². The van der Waals surface area contributed by atoms with Crippen LogP contribution in [0.2, 0.25) is 0 Å². The van der Waals surface area contributed by atoms with Crippen LogP contribution in [-0.4, -0.2) is 36.8 Å². The average Bonchev–Trinajstić information content (AvgIpc) is 3.26. The third kappa shape index (κ3) is 5.59. The molecule has 0 aliphatic carbocycles. The number of guanidine groups is 1. The molecule has 0 atom stereocenters. The van der Waals surface area contributed by atoms with Crippen LogP contribution in [0.3, 0.4) is 0 Å². The highest BCUT2D eigenvalue weighted by molar-refractivity contribution is 5.79. The third-order valence-corrected chi connectivity index (χ3v) is 4.80. The highest BCUT2D eigenvalue weighted by Gasteiger charge is 2.08. The van der Waals surface area contributed by atoms with Crippen LogP contribution in [0, 0.1) is 6.92 Å². The van der Waals surface area contributed by atoms with Gasteiger partial charge >= 0.3 is 0 Å². The van der Waals surface area contributed by atoms with Gasteiger partial charge in [-0.25, -0.2) is 0 Å². The molecule has 2 aromatic carbocycles. The number of hydrogen-bond acceptors (Lipinski definition) is 5. The Morgan fingerprint density at radius 2 is 1.93 bits per heavy atom. The molecule has 3 aromatic rings. The van der Waals surface area contributed by atoms with E-state index in [9.17, 15) is 0 Å². The van der Waals surface area contributed by atoms with Crippen molar-refractivity contribution in [3.63, 3.8) is 0 Å². The lowest BCUT2D eigenvalue weighted by Gasteiger charge is -2.14. The first kappa shape index (κ1) is 21.4. The predicted molar refractivity (Wildman–Crippen MR) is 119 cm³/mol. The molecule has 0 radical (unpaired) electrons. The zero-order valence-corrected chi connectivity index (χ0v) is 18.0. The maximum absolute atomic E-state index is 5.47. The van der Waals surface area contributed by atoms with Gasteiger partial charge in [-0.05, 0) is 42.7 Å². The second-order valence-electron chi connectivity index (χ2n) is 6.98. The summed E-state index contributed by atoms with van der Waals surface area (Å²) in [6, 6.07) is 14.4. The fourth-order valence-corrected chi connectivity index (χ4v) is 3.05. The summed E-state index contributed by atoms with van der Waals surface area (Å²) in [7, 11) is 3.46. The zero-order valence-electron chi connectivity index (χ0n) is 18.0. The quantitative estimate of drug-likeness (QED) is 0.439. The Morgan fingerprint density at radius 1 is 1.13 bits per heavy atom. The van der Waals surface area contributed by atoms with Crippen molar-refractivity contribution in [2.24, 2.45) is 4.99 Å². The summed E-state index contributed by atoms with van der Waals surface area (Å²) in [5, 5.41) is 10.6. The highest BCUT2D eigenvalue weighted by atomic mass is 16.5. The molecule has 1 heterocycles. The Hall–Kier alpha value is -3.35. The molecular weight excluding hydrogens is 378 g/mol. The van der Waals surface area contributed by atoms with E-state index >= 15 is 0 Å². The first-order valence-electron chi connectivity index (χ1n) is 10.1. The van der Waals surface area contributed by atoms with Crippen molar-refractivity contribution in [1.29, 1.82) is 0 Å². The van der Waals surface area contributed by atoms with Crippen molar-refractivity contribution >= 4 is 5.96 Å². The normalized spacial score (nSPS) is 11.4. The van der Waals surface area contributed by atoms with Crippen LogP contribution >= 0.6 is 0 Å². The summed E-state index contributed by atoms with van der Waals surface area (Å²) >= 11 is 0. The number of rotatable bonds is 8. The van der Waals surface area contributed by atoms with Crippen molar-refractivity contribution < 1.29 is 9.26 Å². The molecule has 3 rings (SSSR count). The van der Waals surface area contributed by atoms with Crippen LogP contribution in [0.5, 0.6) is 5.75 Å². The fourth-order valence-electron chi connectivity index (χ4n) is 3.05. The fraction of sp³-hybridized carbons (Fsp3) is 0.348. The SMILES string of the molecule is CCc1noc(-c2ccc(CCNC(=NC)NCc3ccc(C)cc3OC)cc2)n1. The predicted octanol–water partition coefficient (Wildman–Crippen LogP) is 3.52. The number of methoxy groups -OCH3 is 1. The minimum Gasteiger partial charge on any atom is -0.496 e. The molecule has 0 spiro atoms. The van der Waals surface area contributed by atoms with E-state index in [-0.39, 0.29) is 0 Å². The lowest BCUT2D eigenvalue weighted by Crippen LogP contribution is -2.37. The molecule has 30 heavy (non-hydrogen) atoms. The van der Waals surface area contributed by atoms with E-state index in [0.29, 0.717) is 12.4 Å². The number of ether oxygens (including phenoxy) is 1. The highest BCUT2D eigenvalue weighted by Crippen LogP contribution is 2.20. The lowest BCUT2D eigenvalue weighted by molar-refractivity contribution is 0.408. The Labute approximate surface area is 177 Å². The molecular formula is C23H29N5O2. The van der Waals surface area contributed by atoms with E-state index in [2.05, 4.69) is 57.0 Å². The van der Waals surface area contributed by atoms with Crippen LogP contribution in [-0.2, 0) is 19.4 Å². The molecule has 7 heteroatoms. The summed E-state index contributed by atoms with van der Waals surface area (Å²) in [6.07, 6.45) is 1.64. The molecule has 158 valence electrons. The van der Waals surface area contributed by atoms with Crippen molar-refractivity contribution in [3.05, 3.63) is 65.0 Å². The van der Waals surface area contributed by atoms with Crippen LogP contribution in [0.1, 0.15) is 29.4 Å². The van der Waals surface area contributed by atoms with Gasteiger partial charge in [-0.3, -0.25) is 4.99 Å². The number of aromatic nitrogens is 2. The Bertz CT molecular complexity index is 980. The second-order valence-corrected chi connectivity index (χ2v) is 6.98. The number of aliphatic imine (C=N–C) groups is 1.